The fourth-order valence-corrected chi connectivity index (χ4v) is 1.59. The lowest BCUT2D eigenvalue weighted by Crippen LogP contribution is -2.23. The van der Waals surface area contributed by atoms with Crippen molar-refractivity contribution in [3.8, 4) is 0 Å². The van der Waals surface area contributed by atoms with Crippen molar-refractivity contribution in [3.05, 3.63) is 12.7 Å². The highest BCUT2D eigenvalue weighted by atomic mass is 32.2. The third kappa shape index (κ3) is 5.11. The monoisotopic (exact) mass is 231 g/mol. The van der Waals surface area contributed by atoms with Crippen LogP contribution in [0.1, 0.15) is 34.1 Å². The summed E-state index contributed by atoms with van der Waals surface area (Å²) in [6, 6.07) is 0. The largest absolute Gasteiger partial charge is 0.483 e. The predicted molar refractivity (Wildman–Crippen MR) is 66.3 cm³/mol. The summed E-state index contributed by atoms with van der Waals surface area (Å²) >= 11 is 0. The Labute approximate surface area is 95.2 Å². The van der Waals surface area contributed by atoms with Crippen LogP contribution >= 0.6 is 0 Å². The van der Waals surface area contributed by atoms with Gasteiger partial charge in [0.1, 0.15) is 11.0 Å². The summed E-state index contributed by atoms with van der Waals surface area (Å²) < 4.78 is 20.7. The van der Waals surface area contributed by atoms with Gasteiger partial charge < -0.3 is 4.74 Å². The fourth-order valence-electron chi connectivity index (χ4n) is 0.898. The number of rotatable bonds is 4. The van der Waals surface area contributed by atoms with E-state index in [0.717, 1.165) is 6.42 Å². The average molecular weight is 231 g/mol. The molecule has 88 valence electrons. The van der Waals surface area contributed by atoms with E-state index in [0.29, 0.717) is 5.90 Å². The minimum Gasteiger partial charge on any atom is -0.483 e. The first-order valence-electron chi connectivity index (χ1n) is 4.98. The van der Waals surface area contributed by atoms with Gasteiger partial charge in [-0.3, -0.25) is 0 Å². The molecule has 0 fully saturated rings. The van der Waals surface area contributed by atoms with Gasteiger partial charge in [-0.05, 0) is 27.2 Å². The highest BCUT2D eigenvalue weighted by Crippen LogP contribution is 2.15. The molecule has 0 saturated heterocycles. The Hall–Kier alpha value is -0.640. The SMILES string of the molecule is C=CC[C@@H](C)/C(=N/S(=O)C(C)(C)C)OC. The zero-order valence-corrected chi connectivity index (χ0v) is 11.1. The maximum absolute atomic E-state index is 11.8. The van der Waals surface area contributed by atoms with Crippen LogP contribution in [0.15, 0.2) is 17.1 Å². The lowest BCUT2D eigenvalue weighted by molar-refractivity contribution is 0.372. The molecule has 0 saturated carbocycles. The van der Waals surface area contributed by atoms with E-state index < -0.39 is 11.0 Å². The van der Waals surface area contributed by atoms with Crippen molar-refractivity contribution in [1.29, 1.82) is 0 Å². The topological polar surface area (TPSA) is 38.7 Å². The normalized spacial score (nSPS) is 17.0. The standard InChI is InChI=1S/C11H21NO2S/c1-7-8-9(2)10(14-6)12-15(13)11(3,4)5/h7,9H,1,8H2,2-6H3/b12-10-/t9-,15?/m1/s1. The highest BCUT2D eigenvalue weighted by Gasteiger charge is 2.21. The van der Waals surface area contributed by atoms with E-state index in [1.165, 1.54) is 0 Å². The first-order chi connectivity index (χ1) is 6.82. The van der Waals surface area contributed by atoms with Crippen molar-refractivity contribution < 1.29 is 8.95 Å². The van der Waals surface area contributed by atoms with Crippen LogP contribution < -0.4 is 0 Å². The van der Waals surface area contributed by atoms with Gasteiger partial charge >= 0.3 is 0 Å². The molecule has 0 amide bonds. The van der Waals surface area contributed by atoms with Crippen LogP contribution in [0.2, 0.25) is 0 Å². The number of hydrogen-bond acceptors (Lipinski definition) is 2. The van der Waals surface area contributed by atoms with E-state index in [1.807, 2.05) is 27.7 Å². The molecule has 0 radical (unpaired) electrons. The Morgan fingerprint density at radius 3 is 2.47 bits per heavy atom. The van der Waals surface area contributed by atoms with E-state index in [4.69, 9.17) is 4.74 Å². The molecule has 2 atom stereocenters. The number of ether oxygens (including phenoxy) is 1. The van der Waals surface area contributed by atoms with Gasteiger partial charge in [0.15, 0.2) is 5.90 Å². The van der Waals surface area contributed by atoms with Gasteiger partial charge in [0.05, 0.1) is 11.9 Å². The highest BCUT2D eigenvalue weighted by molar-refractivity contribution is 7.85. The van der Waals surface area contributed by atoms with Gasteiger partial charge in [0, 0.05) is 5.92 Å². The van der Waals surface area contributed by atoms with Crippen molar-refractivity contribution in [2.75, 3.05) is 7.11 Å². The van der Waals surface area contributed by atoms with Gasteiger partial charge in [-0.1, -0.05) is 13.0 Å². The molecule has 0 aliphatic rings. The Morgan fingerprint density at radius 2 is 2.13 bits per heavy atom. The summed E-state index contributed by atoms with van der Waals surface area (Å²) in [6.07, 6.45) is 2.58. The van der Waals surface area contributed by atoms with Crippen molar-refractivity contribution >= 4 is 16.9 Å². The molecule has 1 unspecified atom stereocenters. The van der Waals surface area contributed by atoms with Gasteiger partial charge in [0.25, 0.3) is 0 Å². The predicted octanol–water partition coefficient (Wildman–Crippen LogP) is 2.71. The number of hydrogen-bond donors (Lipinski definition) is 0. The van der Waals surface area contributed by atoms with E-state index in [2.05, 4.69) is 11.0 Å². The van der Waals surface area contributed by atoms with E-state index >= 15 is 0 Å². The molecule has 3 nitrogen and oxygen atoms in total. The molecule has 0 aromatic rings. The third-order valence-electron chi connectivity index (χ3n) is 1.85. The quantitative estimate of drug-likeness (QED) is 0.424. The first kappa shape index (κ1) is 14.4. The molecule has 15 heavy (non-hydrogen) atoms. The lowest BCUT2D eigenvalue weighted by Gasteiger charge is -2.16. The second-order valence-electron chi connectivity index (χ2n) is 4.42. The summed E-state index contributed by atoms with van der Waals surface area (Å²) in [5, 5.41) is 0. The molecule has 0 aromatic carbocycles. The van der Waals surface area contributed by atoms with Crippen LogP contribution in [0.5, 0.6) is 0 Å². The lowest BCUT2D eigenvalue weighted by atomic mass is 10.1. The van der Waals surface area contributed by atoms with E-state index in [1.54, 1.807) is 13.2 Å². The van der Waals surface area contributed by atoms with Gasteiger partial charge in [-0.25, -0.2) is 4.21 Å². The van der Waals surface area contributed by atoms with Crippen molar-refractivity contribution in [2.45, 2.75) is 38.9 Å². The van der Waals surface area contributed by atoms with Crippen LogP contribution in [-0.2, 0) is 15.7 Å². The second-order valence-corrected chi connectivity index (χ2v) is 6.33. The molecule has 0 rings (SSSR count). The Balaban J connectivity index is 4.73. The second kappa shape index (κ2) is 6.05. The molecule has 0 aliphatic heterocycles. The van der Waals surface area contributed by atoms with Crippen LogP contribution in [0.25, 0.3) is 0 Å². The van der Waals surface area contributed by atoms with E-state index in [-0.39, 0.29) is 10.7 Å². The van der Waals surface area contributed by atoms with Crippen molar-refractivity contribution in [2.24, 2.45) is 10.3 Å². The molecule has 4 heteroatoms. The summed E-state index contributed by atoms with van der Waals surface area (Å²) in [7, 11) is 0.291. The van der Waals surface area contributed by atoms with E-state index in [9.17, 15) is 4.21 Å². The van der Waals surface area contributed by atoms with Gasteiger partial charge in [-0.15, -0.1) is 6.58 Å². The average Bonchev–Trinajstić information content (AvgIpc) is 2.12. The van der Waals surface area contributed by atoms with Crippen molar-refractivity contribution in [3.63, 3.8) is 0 Å². The molecular weight excluding hydrogens is 210 g/mol. The maximum atomic E-state index is 11.8. The van der Waals surface area contributed by atoms with Gasteiger partial charge in [-0.2, -0.15) is 4.40 Å². The van der Waals surface area contributed by atoms with Crippen LogP contribution in [0.3, 0.4) is 0 Å². The van der Waals surface area contributed by atoms with Crippen LogP contribution in [0, 0.1) is 5.92 Å². The van der Waals surface area contributed by atoms with Gasteiger partial charge in [0.2, 0.25) is 0 Å². The molecule has 0 N–H and O–H groups in total. The summed E-state index contributed by atoms with van der Waals surface area (Å²) in [5.74, 6) is 0.655. The van der Waals surface area contributed by atoms with Crippen molar-refractivity contribution in [1.82, 2.24) is 0 Å². The number of allylic oxidation sites excluding steroid dienone is 1. The third-order valence-corrected chi connectivity index (χ3v) is 3.24. The summed E-state index contributed by atoms with van der Waals surface area (Å²) in [4.78, 5) is 0. The minimum atomic E-state index is -1.26. The molecule has 0 spiro atoms. The zero-order valence-electron chi connectivity index (χ0n) is 10.2. The molecule has 0 heterocycles. The molecule has 0 aromatic heterocycles. The smallest absolute Gasteiger partial charge is 0.200 e. The minimum absolute atomic E-state index is 0.124. The first-order valence-corrected chi connectivity index (χ1v) is 6.09. The van der Waals surface area contributed by atoms with Crippen LogP contribution in [0.4, 0.5) is 0 Å². The zero-order chi connectivity index (χ0) is 12.1. The number of methoxy groups -OCH3 is 1. The molecule has 0 aliphatic carbocycles. The molecular formula is C11H21NO2S. The molecule has 0 bridgehead atoms. The Kier molecular flexibility index (Phi) is 5.80. The Morgan fingerprint density at radius 1 is 1.60 bits per heavy atom. The summed E-state index contributed by atoms with van der Waals surface area (Å²) in [6.45, 7) is 11.3. The van der Waals surface area contributed by atoms with Crippen LogP contribution in [-0.4, -0.2) is 22.0 Å². The maximum Gasteiger partial charge on any atom is 0.200 e. The Bertz CT molecular complexity index is 266. The fraction of sp³-hybridized carbons (Fsp3) is 0.727. The number of nitrogens with zero attached hydrogens (tertiary/aromatic N) is 1. The summed E-state index contributed by atoms with van der Waals surface area (Å²) in [5.41, 5.74) is 0.